The van der Waals surface area contributed by atoms with Gasteiger partial charge < -0.3 is 14.5 Å². The number of rotatable bonds is 9. The molecule has 0 bridgehead atoms. The fraction of sp³-hybridized carbons (Fsp3) is 0.444. The molecule has 0 spiro atoms. The van der Waals surface area contributed by atoms with E-state index < -0.39 is 5.82 Å². The topological polar surface area (TPSA) is 74.7 Å². The average molecular weight is 641 g/mol. The Bertz CT molecular complexity index is 1830. The fourth-order valence-electron chi connectivity index (χ4n) is 7.96. The number of ether oxygens (including phenoxy) is 1. The molecule has 2 aromatic heterocycles. The molecule has 46 heavy (non-hydrogen) atoms. The Balaban J connectivity index is 1.25. The molecule has 1 amide bonds. The van der Waals surface area contributed by atoms with E-state index >= 15 is 4.39 Å². The Labute approximate surface area is 273 Å². The molecule has 4 aliphatic rings. The van der Waals surface area contributed by atoms with Gasteiger partial charge in [-0.1, -0.05) is 48.5 Å². The van der Waals surface area contributed by atoms with Crippen molar-refractivity contribution in [1.82, 2.24) is 24.8 Å². The van der Waals surface area contributed by atoms with Crippen LogP contribution in [0.5, 0.6) is 6.01 Å². The third-order valence-corrected chi connectivity index (χ3v) is 10.9. The van der Waals surface area contributed by atoms with Gasteiger partial charge in [0, 0.05) is 47.8 Å². The van der Waals surface area contributed by atoms with Crippen LogP contribution >= 0.6 is 11.6 Å². The number of likely N-dealkylation sites (tertiary alicyclic amines) is 1. The summed E-state index contributed by atoms with van der Waals surface area (Å²) in [5.74, 6) is 0.540. The Kier molecular flexibility index (Phi) is 7.56. The van der Waals surface area contributed by atoms with Crippen molar-refractivity contribution in [3.05, 3.63) is 66.1 Å². The van der Waals surface area contributed by atoms with Gasteiger partial charge in [-0.2, -0.15) is 9.97 Å². The van der Waals surface area contributed by atoms with Crippen molar-refractivity contribution in [2.75, 3.05) is 44.2 Å². The summed E-state index contributed by atoms with van der Waals surface area (Å²) in [5.41, 5.74) is 0.973. The molecule has 2 aromatic carbocycles. The van der Waals surface area contributed by atoms with Crippen LogP contribution in [0.25, 0.3) is 32.9 Å². The molecular weight excluding hydrogens is 603 g/mol. The highest BCUT2D eigenvalue weighted by molar-refractivity contribution is 6.36. The van der Waals surface area contributed by atoms with Gasteiger partial charge in [-0.3, -0.25) is 14.7 Å². The van der Waals surface area contributed by atoms with E-state index in [-0.39, 0.29) is 34.7 Å². The zero-order chi connectivity index (χ0) is 31.4. The minimum absolute atomic E-state index is 0.00909. The zero-order valence-electron chi connectivity index (χ0n) is 25.9. The largest absolute Gasteiger partial charge is 0.461 e. The molecule has 1 atom stereocenters. The number of fused-ring (bicyclic) bond motifs is 3. The van der Waals surface area contributed by atoms with E-state index in [0.29, 0.717) is 47.4 Å². The number of pyridine rings is 1. The Morgan fingerprint density at radius 1 is 1.11 bits per heavy atom. The lowest BCUT2D eigenvalue weighted by Crippen LogP contribution is -2.43. The maximum atomic E-state index is 16.9. The number of carbonyl (C=O) groups excluding carboxylic acids is 1. The number of benzene rings is 2. The number of amides is 1. The lowest BCUT2D eigenvalue weighted by molar-refractivity contribution is -0.125. The second kappa shape index (κ2) is 11.8. The van der Waals surface area contributed by atoms with Gasteiger partial charge in [0.2, 0.25) is 5.91 Å². The monoisotopic (exact) mass is 640 g/mol. The Morgan fingerprint density at radius 3 is 2.65 bits per heavy atom. The van der Waals surface area contributed by atoms with Gasteiger partial charge in [0.25, 0.3) is 0 Å². The Hall–Kier alpha value is -3.82. The summed E-state index contributed by atoms with van der Waals surface area (Å²) >= 11 is 6.65. The molecule has 0 N–H and O–H groups in total. The highest BCUT2D eigenvalue weighted by Gasteiger charge is 2.45. The van der Waals surface area contributed by atoms with Crippen LogP contribution in [0.1, 0.15) is 44.9 Å². The molecule has 4 aromatic rings. The first-order valence-corrected chi connectivity index (χ1v) is 16.9. The quantitative estimate of drug-likeness (QED) is 0.190. The maximum Gasteiger partial charge on any atom is 0.319 e. The minimum atomic E-state index is -0.527. The molecule has 8 rings (SSSR count). The number of anilines is 1. The van der Waals surface area contributed by atoms with Crippen molar-refractivity contribution >= 4 is 45.0 Å². The summed E-state index contributed by atoms with van der Waals surface area (Å²) < 4.78 is 23.4. The van der Waals surface area contributed by atoms with Gasteiger partial charge >= 0.3 is 6.01 Å². The summed E-state index contributed by atoms with van der Waals surface area (Å²) in [6.45, 7) is 8.29. The van der Waals surface area contributed by atoms with E-state index in [4.69, 9.17) is 31.3 Å². The van der Waals surface area contributed by atoms with Crippen LogP contribution in [0.3, 0.4) is 0 Å². The normalized spacial score (nSPS) is 20.8. The molecule has 1 saturated carbocycles. The highest BCUT2D eigenvalue weighted by atomic mass is 35.5. The summed E-state index contributed by atoms with van der Waals surface area (Å²) in [4.78, 5) is 33.6. The van der Waals surface area contributed by atoms with Gasteiger partial charge in [-0.25, -0.2) is 4.39 Å². The predicted molar refractivity (Wildman–Crippen MR) is 179 cm³/mol. The minimum Gasteiger partial charge on any atom is -0.461 e. The molecule has 5 heterocycles. The predicted octanol–water partition coefficient (Wildman–Crippen LogP) is 6.65. The molecule has 1 aliphatic carbocycles. The molecule has 238 valence electrons. The first kappa shape index (κ1) is 29.6. The van der Waals surface area contributed by atoms with Gasteiger partial charge in [-0.15, -0.1) is 0 Å². The fourth-order valence-corrected chi connectivity index (χ4v) is 8.24. The van der Waals surface area contributed by atoms with Crippen LogP contribution in [-0.2, 0) is 4.79 Å². The highest BCUT2D eigenvalue weighted by Crippen LogP contribution is 2.42. The van der Waals surface area contributed by atoms with Crippen molar-refractivity contribution in [3.63, 3.8) is 0 Å². The lowest BCUT2D eigenvalue weighted by atomic mass is 9.95. The summed E-state index contributed by atoms with van der Waals surface area (Å²) in [6, 6.07) is 11.6. The molecule has 0 radical (unpaired) electrons. The summed E-state index contributed by atoms with van der Waals surface area (Å²) in [7, 11) is 0. The van der Waals surface area contributed by atoms with Crippen molar-refractivity contribution in [3.8, 4) is 17.3 Å². The van der Waals surface area contributed by atoms with Gasteiger partial charge in [-0.05, 0) is 81.5 Å². The molecular formula is C36H38ClFN6O2. The van der Waals surface area contributed by atoms with Crippen molar-refractivity contribution in [2.24, 2.45) is 5.92 Å². The molecule has 10 heteroatoms. The molecule has 3 saturated heterocycles. The molecule has 8 nitrogen and oxygen atoms in total. The van der Waals surface area contributed by atoms with Crippen molar-refractivity contribution < 1.29 is 13.9 Å². The second-order valence-corrected chi connectivity index (χ2v) is 13.8. The summed E-state index contributed by atoms with van der Waals surface area (Å²) in [6.07, 6.45) is 10.6. The standard InChI is InChI=1S/C36H38ClFN6O2/c1-2-29(45)42-18-13-25(21-42)44(20-23-11-12-23)34-27-19-39-32(26-9-3-7-24-8-4-10-28(37)30(24)26)31(38)33(27)40-35(41-34)46-22-36-14-5-16-43(36)17-6-15-36/h2-4,7-10,19,23,25H,1,5-6,11-18,20-22H2. The smallest absolute Gasteiger partial charge is 0.319 e. The number of carbonyl (C=O) groups is 1. The Morgan fingerprint density at radius 2 is 1.89 bits per heavy atom. The first-order valence-electron chi connectivity index (χ1n) is 16.5. The van der Waals surface area contributed by atoms with Crippen LogP contribution in [0.2, 0.25) is 5.02 Å². The SMILES string of the molecule is C=CC(=O)N1CCC(N(CC2CC2)c2nc(OCC34CCCN3CCC4)nc3c(F)c(-c4cccc5cccc(Cl)c45)ncc23)C1. The van der Waals surface area contributed by atoms with Crippen LogP contribution in [0, 0.1) is 11.7 Å². The number of halogens is 2. The zero-order valence-corrected chi connectivity index (χ0v) is 26.7. The number of hydrogen-bond donors (Lipinski definition) is 0. The van der Waals surface area contributed by atoms with E-state index in [2.05, 4.69) is 16.4 Å². The summed E-state index contributed by atoms with van der Waals surface area (Å²) in [5, 5.41) is 2.73. The van der Waals surface area contributed by atoms with Crippen LogP contribution < -0.4 is 9.64 Å². The van der Waals surface area contributed by atoms with Crippen molar-refractivity contribution in [1.29, 1.82) is 0 Å². The van der Waals surface area contributed by atoms with E-state index in [1.807, 2.05) is 41.3 Å². The first-order chi connectivity index (χ1) is 22.4. The number of nitrogens with zero attached hydrogens (tertiary/aromatic N) is 6. The molecule has 3 aliphatic heterocycles. The van der Waals surface area contributed by atoms with Crippen molar-refractivity contribution in [2.45, 2.75) is 56.5 Å². The van der Waals surface area contributed by atoms with E-state index in [1.54, 1.807) is 6.20 Å². The lowest BCUT2D eigenvalue weighted by Gasteiger charge is -2.33. The van der Waals surface area contributed by atoms with E-state index in [9.17, 15) is 4.79 Å². The van der Waals surface area contributed by atoms with Gasteiger partial charge in [0.05, 0.1) is 10.9 Å². The van der Waals surface area contributed by atoms with Gasteiger partial charge in [0.15, 0.2) is 5.82 Å². The van der Waals surface area contributed by atoms with Crippen LogP contribution in [0.15, 0.2) is 55.3 Å². The average Bonchev–Trinajstić information content (AvgIpc) is 3.41. The van der Waals surface area contributed by atoms with E-state index in [1.165, 1.54) is 6.08 Å². The van der Waals surface area contributed by atoms with Crippen LogP contribution in [-0.4, -0.2) is 81.6 Å². The van der Waals surface area contributed by atoms with E-state index in [0.717, 1.165) is 75.4 Å². The number of aromatic nitrogens is 3. The molecule has 4 fully saturated rings. The third-order valence-electron chi connectivity index (χ3n) is 10.5. The number of hydrogen-bond acceptors (Lipinski definition) is 7. The maximum absolute atomic E-state index is 16.9. The third kappa shape index (κ3) is 5.17. The van der Waals surface area contributed by atoms with Gasteiger partial charge in [0.1, 0.15) is 23.6 Å². The second-order valence-electron chi connectivity index (χ2n) is 13.4. The molecule has 1 unspecified atom stereocenters. The van der Waals surface area contributed by atoms with Crippen LogP contribution in [0.4, 0.5) is 10.2 Å².